The first-order chi connectivity index (χ1) is 21.5. The highest BCUT2D eigenvalue weighted by molar-refractivity contribution is 5.79. The van der Waals surface area contributed by atoms with Crippen molar-refractivity contribution in [3.63, 3.8) is 0 Å². The van der Waals surface area contributed by atoms with Gasteiger partial charge in [0.15, 0.2) is 0 Å². The number of amides is 1. The Bertz CT molecular complexity index is 1630. The second-order valence-electron chi connectivity index (χ2n) is 11.8. The Morgan fingerprint density at radius 2 is 1.89 bits per heavy atom. The first-order valence-electron chi connectivity index (χ1n) is 15.1. The summed E-state index contributed by atoms with van der Waals surface area (Å²) in [6.07, 6.45) is -2.64. The minimum Gasteiger partial charge on any atom is -0.496 e. The van der Waals surface area contributed by atoms with Crippen LogP contribution in [0.5, 0.6) is 5.75 Å². The number of anilines is 1. The lowest BCUT2D eigenvalue weighted by Crippen LogP contribution is -2.39. The zero-order valence-electron chi connectivity index (χ0n) is 25.6. The molecule has 3 aliphatic rings. The zero-order chi connectivity index (χ0) is 32.0. The number of aromatic nitrogens is 2. The molecular formula is C33H35F3N4O5. The zero-order valence-corrected chi connectivity index (χ0v) is 25.6. The second kappa shape index (κ2) is 11.9. The summed E-state index contributed by atoms with van der Waals surface area (Å²) in [6, 6.07) is 8.89. The average molecular weight is 625 g/mol. The van der Waals surface area contributed by atoms with Gasteiger partial charge in [-0.05, 0) is 74.9 Å². The summed E-state index contributed by atoms with van der Waals surface area (Å²) in [4.78, 5) is 38.6. The number of carbonyl (C=O) groups excluding carboxylic acids is 2. The number of hydrogen-bond donors (Lipinski definition) is 0. The van der Waals surface area contributed by atoms with E-state index in [1.54, 1.807) is 40.1 Å². The van der Waals surface area contributed by atoms with Crippen LogP contribution in [0, 0.1) is 12.8 Å². The monoisotopic (exact) mass is 624 g/mol. The summed E-state index contributed by atoms with van der Waals surface area (Å²) in [6.45, 7) is 7.11. The highest BCUT2D eigenvalue weighted by Gasteiger charge is 2.46. The molecule has 0 N–H and O–H groups in total. The molecule has 1 amide bonds. The number of rotatable bonds is 9. The molecule has 9 nitrogen and oxygen atoms in total. The fourth-order valence-corrected chi connectivity index (χ4v) is 6.12. The summed E-state index contributed by atoms with van der Waals surface area (Å²) >= 11 is 0. The summed E-state index contributed by atoms with van der Waals surface area (Å²) < 4.78 is 57.4. The van der Waals surface area contributed by atoms with Crippen LogP contribution in [-0.2, 0) is 27.0 Å². The minimum absolute atomic E-state index is 0.0173. The van der Waals surface area contributed by atoms with Gasteiger partial charge < -0.3 is 19.1 Å². The van der Waals surface area contributed by atoms with E-state index in [4.69, 9.17) is 19.2 Å². The molecule has 3 heterocycles. The fourth-order valence-electron chi connectivity index (χ4n) is 6.12. The van der Waals surface area contributed by atoms with E-state index in [1.807, 2.05) is 23.1 Å². The molecule has 0 spiro atoms. The third-order valence-corrected chi connectivity index (χ3v) is 8.78. The van der Waals surface area contributed by atoms with Crippen LogP contribution >= 0.6 is 0 Å². The number of ether oxygens (including phenoxy) is 3. The second-order valence-corrected chi connectivity index (χ2v) is 11.8. The molecule has 238 valence electrons. The molecule has 3 fully saturated rings. The Hall–Kier alpha value is -4.35. The Kier molecular flexibility index (Phi) is 8.09. The molecule has 2 aliphatic heterocycles. The molecule has 1 unspecified atom stereocenters. The van der Waals surface area contributed by atoms with Crippen molar-refractivity contribution in [1.82, 2.24) is 14.9 Å². The number of methoxy groups -OCH3 is 1. The Labute approximate surface area is 259 Å². The van der Waals surface area contributed by atoms with Crippen LogP contribution in [-0.4, -0.2) is 59.8 Å². The van der Waals surface area contributed by atoms with Gasteiger partial charge >= 0.3 is 18.2 Å². The highest BCUT2D eigenvalue weighted by atomic mass is 19.4. The van der Waals surface area contributed by atoms with Crippen molar-refractivity contribution >= 4 is 18.0 Å². The van der Waals surface area contributed by atoms with Crippen molar-refractivity contribution in [1.29, 1.82) is 0 Å². The summed E-state index contributed by atoms with van der Waals surface area (Å²) in [5.74, 6) is 0.707. The Morgan fingerprint density at radius 1 is 1.11 bits per heavy atom. The summed E-state index contributed by atoms with van der Waals surface area (Å²) in [7, 11) is 1.56. The molecule has 45 heavy (non-hydrogen) atoms. The number of nitrogens with zero attached hydrogens (tertiary/aromatic N) is 4. The molecule has 2 aromatic carbocycles. The Morgan fingerprint density at radius 3 is 2.56 bits per heavy atom. The van der Waals surface area contributed by atoms with E-state index in [9.17, 15) is 22.8 Å². The SMILES string of the molecule is CCOC(=O)[C@@H]1CC1c1ccc(OC)c(-c2cnc(N3CCC3)nc2CN2C(=O)O[C@H](c3cc(C)cc(C(F)(F)F)c3)[C@@H]2C)c1. The standard InChI is InChI=1S/C33H35F3N4O5/c1-5-44-30(41)25-15-23(25)20-7-8-28(43-4)24(14-20)26-16-37-31(39-9-6-10-39)38-27(26)17-40-19(3)29(45-32(40)42)21-11-18(2)12-22(13-21)33(34,35)36/h7-8,11-14,16,19,23,25,29H,5-6,9-10,15,17H2,1-4H3/t19-,23?,25+,29-/m0/s1. The third-order valence-electron chi connectivity index (χ3n) is 8.78. The van der Waals surface area contributed by atoms with E-state index < -0.39 is 30.0 Å². The van der Waals surface area contributed by atoms with E-state index in [-0.39, 0.29) is 29.9 Å². The van der Waals surface area contributed by atoms with Crippen molar-refractivity contribution < 1.29 is 37.0 Å². The van der Waals surface area contributed by atoms with Crippen molar-refractivity contribution in [2.24, 2.45) is 5.92 Å². The lowest BCUT2D eigenvalue weighted by atomic mass is 9.97. The van der Waals surface area contributed by atoms with Gasteiger partial charge in [0.2, 0.25) is 5.95 Å². The molecule has 12 heteroatoms. The number of benzene rings is 2. The van der Waals surface area contributed by atoms with Gasteiger partial charge in [-0.3, -0.25) is 9.69 Å². The van der Waals surface area contributed by atoms with E-state index in [0.717, 1.165) is 37.2 Å². The predicted octanol–water partition coefficient (Wildman–Crippen LogP) is 6.44. The lowest BCUT2D eigenvalue weighted by Gasteiger charge is -2.31. The normalized spacial score (nSPS) is 22.6. The topological polar surface area (TPSA) is 94.1 Å². The van der Waals surface area contributed by atoms with Gasteiger partial charge in [0, 0.05) is 30.4 Å². The van der Waals surface area contributed by atoms with E-state index in [1.165, 1.54) is 4.90 Å². The predicted molar refractivity (Wildman–Crippen MR) is 159 cm³/mol. The first-order valence-corrected chi connectivity index (χ1v) is 15.1. The largest absolute Gasteiger partial charge is 0.496 e. The number of carbonyl (C=O) groups is 2. The lowest BCUT2D eigenvalue weighted by molar-refractivity contribution is -0.144. The van der Waals surface area contributed by atoms with E-state index >= 15 is 0 Å². The minimum atomic E-state index is -4.53. The van der Waals surface area contributed by atoms with Crippen LogP contribution in [0.15, 0.2) is 42.6 Å². The van der Waals surface area contributed by atoms with Crippen LogP contribution in [0.3, 0.4) is 0 Å². The van der Waals surface area contributed by atoms with Crippen LogP contribution in [0.1, 0.15) is 66.7 Å². The smallest absolute Gasteiger partial charge is 0.416 e. The first kappa shape index (κ1) is 30.7. The molecule has 1 saturated carbocycles. The highest BCUT2D eigenvalue weighted by Crippen LogP contribution is 2.50. The number of alkyl halides is 3. The van der Waals surface area contributed by atoms with Crippen molar-refractivity contribution in [3.05, 3.63) is 70.5 Å². The number of aryl methyl sites for hydroxylation is 1. The average Bonchev–Trinajstić information content (AvgIpc) is 3.73. The maximum Gasteiger partial charge on any atom is 0.416 e. The molecule has 4 atom stereocenters. The van der Waals surface area contributed by atoms with Crippen LogP contribution in [0.4, 0.5) is 23.9 Å². The molecule has 3 aromatic rings. The van der Waals surface area contributed by atoms with Crippen molar-refractivity contribution in [2.45, 2.75) is 64.4 Å². The van der Waals surface area contributed by atoms with Crippen molar-refractivity contribution in [2.75, 3.05) is 31.7 Å². The fraction of sp³-hybridized carbons (Fsp3) is 0.455. The van der Waals surface area contributed by atoms with Gasteiger partial charge in [0.1, 0.15) is 11.9 Å². The molecule has 6 rings (SSSR count). The quantitative estimate of drug-likeness (QED) is 0.251. The molecule has 1 aromatic heterocycles. The number of halogens is 3. The maximum absolute atomic E-state index is 13.6. The summed E-state index contributed by atoms with van der Waals surface area (Å²) in [5, 5.41) is 0. The maximum atomic E-state index is 13.6. The van der Waals surface area contributed by atoms with Gasteiger partial charge in [0.25, 0.3) is 0 Å². The third kappa shape index (κ3) is 6.02. The van der Waals surface area contributed by atoms with Gasteiger partial charge in [-0.25, -0.2) is 14.8 Å². The number of cyclic esters (lactones) is 1. The van der Waals surface area contributed by atoms with Gasteiger partial charge in [-0.1, -0.05) is 17.7 Å². The van der Waals surface area contributed by atoms with Crippen molar-refractivity contribution in [3.8, 4) is 16.9 Å². The molecule has 1 aliphatic carbocycles. The molecule has 2 saturated heterocycles. The van der Waals surface area contributed by atoms with Crippen LogP contribution in [0.25, 0.3) is 11.1 Å². The van der Waals surface area contributed by atoms with E-state index in [2.05, 4.69) is 4.98 Å². The number of hydrogen-bond acceptors (Lipinski definition) is 8. The Balaban J connectivity index is 1.34. The van der Waals surface area contributed by atoms with Crippen LogP contribution in [0.2, 0.25) is 0 Å². The van der Waals surface area contributed by atoms with E-state index in [0.29, 0.717) is 47.1 Å². The number of esters is 1. The van der Waals surface area contributed by atoms with Gasteiger partial charge in [-0.15, -0.1) is 0 Å². The molecule has 0 bridgehead atoms. The molecular weight excluding hydrogens is 589 g/mol. The van der Waals surface area contributed by atoms with Gasteiger partial charge in [0.05, 0.1) is 43.5 Å². The summed E-state index contributed by atoms with van der Waals surface area (Å²) in [5.41, 5.74) is 2.77. The molecule has 0 radical (unpaired) electrons. The van der Waals surface area contributed by atoms with Crippen LogP contribution < -0.4 is 9.64 Å². The van der Waals surface area contributed by atoms with Gasteiger partial charge in [-0.2, -0.15) is 13.2 Å².